The predicted molar refractivity (Wildman–Crippen MR) is 86.0 cm³/mol. The van der Waals surface area contributed by atoms with Gasteiger partial charge in [0.25, 0.3) is 0 Å². The Morgan fingerprint density at radius 2 is 2.32 bits per heavy atom. The number of nitriles is 2. The number of rotatable bonds is 7. The summed E-state index contributed by atoms with van der Waals surface area (Å²) in [5, 5.41) is 21.2. The molecule has 0 radical (unpaired) electrons. The van der Waals surface area contributed by atoms with E-state index in [1.165, 1.54) is 0 Å². The first-order valence-electron chi connectivity index (χ1n) is 7.87. The van der Waals surface area contributed by atoms with Crippen LogP contribution < -0.4 is 5.32 Å². The van der Waals surface area contributed by atoms with Gasteiger partial charge in [-0.05, 0) is 44.4 Å². The fourth-order valence-electron chi connectivity index (χ4n) is 2.88. The van der Waals surface area contributed by atoms with Gasteiger partial charge in [-0.25, -0.2) is 4.98 Å². The maximum Gasteiger partial charge on any atom is 0.126 e. The van der Waals surface area contributed by atoms with Crippen molar-refractivity contribution in [2.24, 2.45) is 11.8 Å². The molecule has 1 aliphatic rings. The van der Waals surface area contributed by atoms with Crippen LogP contribution >= 0.6 is 0 Å². The van der Waals surface area contributed by atoms with E-state index < -0.39 is 0 Å². The molecule has 2 atom stereocenters. The number of aryl methyl sites for hydroxylation is 1. The first-order valence-corrected chi connectivity index (χ1v) is 7.87. The molecule has 1 aromatic heterocycles. The molecule has 2 rings (SSSR count). The summed E-state index contributed by atoms with van der Waals surface area (Å²) in [5.74, 6) is 1.50. The Bertz CT molecular complexity index is 557. The van der Waals surface area contributed by atoms with Gasteiger partial charge in [0.05, 0.1) is 18.1 Å². The third-order valence-electron chi connectivity index (χ3n) is 4.10. The number of hydrogen-bond donors (Lipinski definition) is 1. The highest BCUT2D eigenvalue weighted by molar-refractivity contribution is 5.35. The molecule has 1 N–H and O–H groups in total. The van der Waals surface area contributed by atoms with E-state index in [0.717, 1.165) is 44.1 Å². The monoisotopic (exact) mass is 297 g/mol. The molecule has 5 heteroatoms. The van der Waals surface area contributed by atoms with Crippen molar-refractivity contribution in [3.05, 3.63) is 23.9 Å². The number of likely N-dealkylation sites (tertiary alicyclic amines) is 1. The van der Waals surface area contributed by atoms with E-state index >= 15 is 0 Å². The van der Waals surface area contributed by atoms with Crippen LogP contribution in [-0.2, 0) is 0 Å². The summed E-state index contributed by atoms with van der Waals surface area (Å²) in [4.78, 5) is 6.80. The molecule has 1 fully saturated rings. The molecule has 1 aliphatic heterocycles. The van der Waals surface area contributed by atoms with Gasteiger partial charge >= 0.3 is 0 Å². The van der Waals surface area contributed by atoms with Crippen LogP contribution in [0.15, 0.2) is 18.2 Å². The van der Waals surface area contributed by atoms with E-state index in [9.17, 15) is 0 Å². The van der Waals surface area contributed by atoms with E-state index in [-0.39, 0.29) is 5.92 Å². The van der Waals surface area contributed by atoms with Gasteiger partial charge in [-0.3, -0.25) is 0 Å². The molecule has 0 spiro atoms. The molecular weight excluding hydrogens is 274 g/mol. The molecular formula is C17H23N5. The molecule has 1 aromatic rings. The van der Waals surface area contributed by atoms with E-state index in [0.29, 0.717) is 18.8 Å². The molecule has 0 amide bonds. The molecule has 0 aliphatic carbocycles. The number of anilines is 1. The van der Waals surface area contributed by atoms with Gasteiger partial charge in [-0.1, -0.05) is 6.07 Å². The van der Waals surface area contributed by atoms with Gasteiger partial charge in [-0.15, -0.1) is 0 Å². The van der Waals surface area contributed by atoms with Crippen LogP contribution in [0, 0.1) is 41.4 Å². The number of hydrogen-bond acceptors (Lipinski definition) is 5. The summed E-state index contributed by atoms with van der Waals surface area (Å²) in [5.41, 5.74) is 1.02. The van der Waals surface area contributed by atoms with Crippen LogP contribution in [0.3, 0.4) is 0 Å². The molecule has 0 aromatic carbocycles. The zero-order valence-corrected chi connectivity index (χ0v) is 13.1. The fraction of sp³-hybridized carbons (Fsp3) is 0.588. The minimum absolute atomic E-state index is 0.0233. The first kappa shape index (κ1) is 16.3. The topological polar surface area (TPSA) is 75.7 Å². The third-order valence-corrected chi connectivity index (χ3v) is 4.10. The van der Waals surface area contributed by atoms with Crippen molar-refractivity contribution in [2.75, 3.05) is 31.5 Å². The van der Waals surface area contributed by atoms with Crippen molar-refractivity contribution in [3.63, 3.8) is 0 Å². The highest BCUT2D eigenvalue weighted by Gasteiger charge is 2.24. The van der Waals surface area contributed by atoms with Crippen molar-refractivity contribution in [3.8, 4) is 12.1 Å². The number of aromatic nitrogens is 1. The third kappa shape index (κ3) is 5.02. The Morgan fingerprint density at radius 3 is 3.05 bits per heavy atom. The van der Waals surface area contributed by atoms with Gasteiger partial charge in [0.1, 0.15) is 5.82 Å². The second-order valence-electron chi connectivity index (χ2n) is 5.98. The van der Waals surface area contributed by atoms with Crippen molar-refractivity contribution in [2.45, 2.75) is 26.2 Å². The minimum atomic E-state index is -0.0233. The lowest BCUT2D eigenvalue weighted by Gasteiger charge is -2.19. The smallest absolute Gasteiger partial charge is 0.126 e. The fourth-order valence-corrected chi connectivity index (χ4v) is 2.88. The largest absolute Gasteiger partial charge is 0.370 e. The average Bonchev–Trinajstić information content (AvgIpc) is 2.97. The molecule has 2 heterocycles. The Labute approximate surface area is 132 Å². The second-order valence-corrected chi connectivity index (χ2v) is 5.98. The molecule has 0 unspecified atom stereocenters. The normalized spacial score (nSPS) is 19.3. The maximum absolute atomic E-state index is 9.15. The van der Waals surface area contributed by atoms with Crippen LogP contribution in [0.4, 0.5) is 5.82 Å². The summed E-state index contributed by atoms with van der Waals surface area (Å²) in [6, 6.07) is 10.4. The van der Waals surface area contributed by atoms with E-state index in [4.69, 9.17) is 10.5 Å². The Hall–Kier alpha value is -2.11. The average molecular weight is 297 g/mol. The summed E-state index contributed by atoms with van der Waals surface area (Å²) < 4.78 is 0. The van der Waals surface area contributed by atoms with Gasteiger partial charge in [-0.2, -0.15) is 10.5 Å². The van der Waals surface area contributed by atoms with Crippen molar-refractivity contribution >= 4 is 5.82 Å². The van der Waals surface area contributed by atoms with Crippen LogP contribution in [0.5, 0.6) is 0 Å². The lowest BCUT2D eigenvalue weighted by Crippen LogP contribution is -2.28. The molecule has 116 valence electrons. The quantitative estimate of drug-likeness (QED) is 0.837. The van der Waals surface area contributed by atoms with Crippen LogP contribution in [0.2, 0.25) is 0 Å². The van der Waals surface area contributed by atoms with E-state index in [1.807, 2.05) is 25.1 Å². The van der Waals surface area contributed by atoms with Crippen molar-refractivity contribution in [1.29, 1.82) is 10.5 Å². The van der Waals surface area contributed by atoms with Gasteiger partial charge in [0.15, 0.2) is 0 Å². The highest BCUT2D eigenvalue weighted by atomic mass is 15.2. The summed E-state index contributed by atoms with van der Waals surface area (Å²) in [6.07, 6.45) is 2.30. The lowest BCUT2D eigenvalue weighted by atomic mass is 10.1. The molecule has 0 bridgehead atoms. The zero-order chi connectivity index (χ0) is 15.8. The van der Waals surface area contributed by atoms with Crippen LogP contribution in [0.25, 0.3) is 0 Å². The van der Waals surface area contributed by atoms with Gasteiger partial charge in [0, 0.05) is 31.7 Å². The standard InChI is InChI=1S/C17H23N5/c1-14-4-2-6-17(21-14)20-11-16-7-9-22(13-16)12-15(10-19)5-3-8-18/h2,4,6,15-16H,3,5,7,9,11-13H2,1H3,(H,20,21)/t15-,16-/m0/s1. The number of nitrogens with zero attached hydrogens (tertiary/aromatic N) is 4. The summed E-state index contributed by atoms with van der Waals surface area (Å²) in [6.45, 7) is 5.76. The number of pyridine rings is 1. The number of nitrogens with one attached hydrogen (secondary N) is 1. The summed E-state index contributed by atoms with van der Waals surface area (Å²) >= 11 is 0. The van der Waals surface area contributed by atoms with Gasteiger partial charge in [0.2, 0.25) is 0 Å². The zero-order valence-electron chi connectivity index (χ0n) is 13.1. The Morgan fingerprint density at radius 1 is 1.45 bits per heavy atom. The van der Waals surface area contributed by atoms with Crippen LogP contribution in [-0.4, -0.2) is 36.1 Å². The van der Waals surface area contributed by atoms with Crippen molar-refractivity contribution < 1.29 is 0 Å². The van der Waals surface area contributed by atoms with Crippen LogP contribution in [0.1, 0.15) is 25.0 Å². The second kappa shape index (κ2) is 8.36. The maximum atomic E-state index is 9.15. The molecule has 22 heavy (non-hydrogen) atoms. The lowest BCUT2D eigenvalue weighted by molar-refractivity contribution is 0.290. The molecule has 0 saturated carbocycles. The Balaban J connectivity index is 1.73. The first-order chi connectivity index (χ1) is 10.7. The van der Waals surface area contributed by atoms with E-state index in [1.54, 1.807) is 0 Å². The van der Waals surface area contributed by atoms with Crippen molar-refractivity contribution in [1.82, 2.24) is 9.88 Å². The van der Waals surface area contributed by atoms with Gasteiger partial charge < -0.3 is 10.2 Å². The highest BCUT2D eigenvalue weighted by Crippen LogP contribution is 2.19. The predicted octanol–water partition coefficient (Wildman–Crippen LogP) is 2.57. The van der Waals surface area contributed by atoms with E-state index in [2.05, 4.69) is 27.3 Å². The molecule has 1 saturated heterocycles. The SMILES string of the molecule is Cc1cccc(NC[C@@H]2CCN(C[C@H](C#N)CCC#N)C2)n1. The summed E-state index contributed by atoms with van der Waals surface area (Å²) in [7, 11) is 0. The Kier molecular flexibility index (Phi) is 6.18. The minimum Gasteiger partial charge on any atom is -0.370 e. The molecule has 5 nitrogen and oxygen atoms in total.